The Hall–Kier alpha value is -2.55. The number of unbranched alkanes of at least 4 members (excludes halogenated alkanes) is 50. The minimum atomic E-state index is -4.40. The van der Waals surface area contributed by atoms with Crippen LogP contribution in [0.25, 0.3) is 0 Å². The molecule has 10 heteroatoms. The van der Waals surface area contributed by atoms with Crippen LogP contribution >= 0.6 is 7.82 Å². The van der Waals surface area contributed by atoms with Crippen LogP contribution in [0.5, 0.6) is 0 Å². The Bertz CT molecular complexity index is 1820. The molecular weight excluding hydrogens is 1180 g/mol. The van der Waals surface area contributed by atoms with Crippen LogP contribution in [-0.2, 0) is 32.7 Å². The van der Waals surface area contributed by atoms with E-state index in [0.717, 1.165) is 64.2 Å². The largest absolute Gasteiger partial charge is 0.472 e. The molecule has 0 heterocycles. The van der Waals surface area contributed by atoms with Crippen molar-refractivity contribution in [3.05, 3.63) is 72.9 Å². The quantitative estimate of drug-likeness (QED) is 0.0211. The molecule has 1 N–H and O–H groups in total. The van der Waals surface area contributed by atoms with Gasteiger partial charge in [0.25, 0.3) is 0 Å². The van der Waals surface area contributed by atoms with Crippen molar-refractivity contribution >= 4 is 19.8 Å². The Morgan fingerprint density at radius 2 is 0.606 bits per heavy atom. The monoisotopic (exact) mass is 1340 g/mol. The molecule has 0 aliphatic rings. The van der Waals surface area contributed by atoms with Gasteiger partial charge in [0.2, 0.25) is 0 Å². The average Bonchev–Trinajstić information content (AvgIpc) is 1.68. The lowest BCUT2D eigenvalue weighted by Gasteiger charge is -2.24. The Balaban J connectivity index is 3.91. The molecule has 94 heavy (non-hydrogen) atoms. The lowest BCUT2D eigenvalue weighted by molar-refractivity contribution is -0.870. The van der Waals surface area contributed by atoms with E-state index in [2.05, 4.69) is 86.8 Å². The molecular formula is C84H157NO8P+. The Morgan fingerprint density at radius 3 is 0.915 bits per heavy atom. The standard InChI is InChI=1S/C84H156NO8P/c1-6-8-10-12-14-16-18-20-22-24-26-28-30-32-34-36-38-40-42-44-46-48-50-52-54-56-58-60-62-64-66-68-70-72-74-76-83(86)90-80-82(81-92-94(88,89)91-79-78-85(3,4)5)93-84(87)77-75-73-71-69-67-65-63-61-59-57-55-53-51-49-47-45-43-41-39-37-35-33-31-29-27-25-23-21-19-17-15-13-11-9-7-2/h9,11,15,17,21,23-24,26-27,29,33,35,82H,6-8,10,12-14,16,18-20,22,25,28,30-32,34,36-81H2,1-5H3/p+1/b11-9-,17-15-,23-21-,26-24-,29-27-,35-33-. The van der Waals surface area contributed by atoms with Crippen molar-refractivity contribution in [1.82, 2.24) is 0 Å². The van der Waals surface area contributed by atoms with Gasteiger partial charge in [0.05, 0.1) is 27.7 Å². The summed E-state index contributed by atoms with van der Waals surface area (Å²) in [5, 5.41) is 0. The summed E-state index contributed by atoms with van der Waals surface area (Å²) in [5.41, 5.74) is 0. The van der Waals surface area contributed by atoms with Crippen LogP contribution in [0.3, 0.4) is 0 Å². The van der Waals surface area contributed by atoms with Crippen LogP contribution in [0, 0.1) is 0 Å². The number of allylic oxidation sites excluding steroid dienone is 12. The highest BCUT2D eigenvalue weighted by Gasteiger charge is 2.27. The van der Waals surface area contributed by atoms with Gasteiger partial charge in [-0.15, -0.1) is 0 Å². The maximum absolute atomic E-state index is 12.9. The van der Waals surface area contributed by atoms with Crippen LogP contribution in [0.1, 0.15) is 399 Å². The van der Waals surface area contributed by atoms with Crippen molar-refractivity contribution in [2.75, 3.05) is 47.5 Å². The average molecular weight is 1340 g/mol. The molecule has 550 valence electrons. The Kier molecular flexibility index (Phi) is 72.6. The summed E-state index contributed by atoms with van der Waals surface area (Å²) >= 11 is 0. The van der Waals surface area contributed by atoms with E-state index >= 15 is 0 Å². The lowest BCUT2D eigenvalue weighted by atomic mass is 10.0. The van der Waals surface area contributed by atoms with E-state index < -0.39 is 26.5 Å². The molecule has 0 rings (SSSR count). The molecule has 0 aromatic heterocycles. The predicted molar refractivity (Wildman–Crippen MR) is 409 cm³/mol. The Labute approximate surface area is 584 Å². The first kappa shape index (κ1) is 91.4. The molecule has 0 aromatic rings. The van der Waals surface area contributed by atoms with Gasteiger partial charge in [0.1, 0.15) is 19.8 Å². The molecule has 0 saturated carbocycles. The lowest BCUT2D eigenvalue weighted by Crippen LogP contribution is -2.37. The summed E-state index contributed by atoms with van der Waals surface area (Å²) in [6.07, 6.45) is 102. The van der Waals surface area contributed by atoms with Crippen LogP contribution in [0.2, 0.25) is 0 Å². The number of rotatable bonds is 76. The summed E-state index contributed by atoms with van der Waals surface area (Å²) in [4.78, 5) is 36.0. The van der Waals surface area contributed by atoms with E-state index in [1.165, 1.54) is 302 Å². The topological polar surface area (TPSA) is 108 Å². The first-order valence-electron chi connectivity index (χ1n) is 40.7. The van der Waals surface area contributed by atoms with Gasteiger partial charge >= 0.3 is 19.8 Å². The highest BCUT2D eigenvalue weighted by molar-refractivity contribution is 7.47. The van der Waals surface area contributed by atoms with E-state index in [1.54, 1.807) is 0 Å². The second kappa shape index (κ2) is 74.7. The molecule has 0 amide bonds. The maximum atomic E-state index is 12.9. The summed E-state index contributed by atoms with van der Waals surface area (Å²) in [7, 11) is 1.50. The van der Waals surface area contributed by atoms with Crippen molar-refractivity contribution in [3.8, 4) is 0 Å². The number of carbonyl (C=O) groups is 2. The van der Waals surface area contributed by atoms with Crippen LogP contribution in [0.15, 0.2) is 72.9 Å². The second-order valence-corrected chi connectivity index (χ2v) is 30.2. The number of likely N-dealkylation sites (N-methyl/N-ethyl adjacent to an activating group) is 1. The van der Waals surface area contributed by atoms with Crippen LogP contribution in [0.4, 0.5) is 0 Å². The highest BCUT2D eigenvalue weighted by atomic mass is 31.2. The van der Waals surface area contributed by atoms with Crippen LogP contribution < -0.4 is 0 Å². The second-order valence-electron chi connectivity index (χ2n) is 28.8. The van der Waals surface area contributed by atoms with Crippen molar-refractivity contribution < 1.29 is 42.1 Å². The molecule has 2 atom stereocenters. The molecule has 0 aliphatic heterocycles. The van der Waals surface area contributed by atoms with Gasteiger partial charge in [0.15, 0.2) is 6.10 Å². The molecule has 0 aromatic carbocycles. The van der Waals surface area contributed by atoms with Gasteiger partial charge in [-0.25, -0.2) is 4.57 Å². The highest BCUT2D eigenvalue weighted by Crippen LogP contribution is 2.43. The molecule has 0 saturated heterocycles. The minimum absolute atomic E-state index is 0.0332. The van der Waals surface area contributed by atoms with E-state index in [1.807, 2.05) is 21.1 Å². The first-order chi connectivity index (χ1) is 46.0. The van der Waals surface area contributed by atoms with Gasteiger partial charge in [-0.3, -0.25) is 18.6 Å². The molecule has 0 fully saturated rings. The molecule has 2 unspecified atom stereocenters. The summed E-state index contributed by atoms with van der Waals surface area (Å²) in [6, 6.07) is 0. The van der Waals surface area contributed by atoms with Crippen molar-refractivity contribution in [2.24, 2.45) is 0 Å². The number of ether oxygens (including phenoxy) is 2. The van der Waals surface area contributed by atoms with E-state index in [-0.39, 0.29) is 25.6 Å². The summed E-state index contributed by atoms with van der Waals surface area (Å²) in [6.45, 7) is 4.39. The molecule has 0 radical (unpaired) electrons. The summed E-state index contributed by atoms with van der Waals surface area (Å²) in [5.74, 6) is -0.776. The van der Waals surface area contributed by atoms with Gasteiger partial charge < -0.3 is 18.9 Å². The molecule has 0 aliphatic carbocycles. The maximum Gasteiger partial charge on any atom is 0.472 e. The smallest absolute Gasteiger partial charge is 0.462 e. The normalized spacial score (nSPS) is 13.4. The summed E-state index contributed by atoms with van der Waals surface area (Å²) < 4.78 is 34.8. The number of quaternary nitrogens is 1. The third-order valence-electron chi connectivity index (χ3n) is 18.2. The fourth-order valence-corrected chi connectivity index (χ4v) is 12.8. The zero-order valence-electron chi connectivity index (χ0n) is 63.0. The SMILES string of the molecule is CC/C=C\C/C=C\C/C=C\C/C=C\C/C=C\CCCCCCCCCCCCCCCCCCCCCC(=O)OC(COC(=O)CCCCCCCCCCCCCCCCCCCCCCCCC/C=C\CCCCCCCCCC)COP(=O)(O)OCC[N+](C)(C)C. The number of nitrogens with zero attached hydrogens (tertiary/aromatic N) is 1. The number of hydrogen-bond acceptors (Lipinski definition) is 7. The fourth-order valence-electron chi connectivity index (χ4n) is 12.0. The van der Waals surface area contributed by atoms with E-state index in [9.17, 15) is 19.0 Å². The third-order valence-corrected chi connectivity index (χ3v) is 19.2. The van der Waals surface area contributed by atoms with Gasteiger partial charge in [-0.05, 0) is 83.5 Å². The number of phosphoric ester groups is 1. The number of esters is 2. The number of phosphoric acid groups is 1. The molecule has 0 spiro atoms. The third kappa shape index (κ3) is 78.4. The van der Waals surface area contributed by atoms with E-state index in [0.29, 0.717) is 23.9 Å². The predicted octanol–water partition coefficient (Wildman–Crippen LogP) is 27.1. The van der Waals surface area contributed by atoms with E-state index in [4.69, 9.17) is 18.5 Å². The molecule has 0 bridgehead atoms. The zero-order chi connectivity index (χ0) is 68.3. The fraction of sp³-hybridized carbons (Fsp3) is 0.833. The molecule has 9 nitrogen and oxygen atoms in total. The van der Waals surface area contributed by atoms with Gasteiger partial charge in [-0.2, -0.15) is 0 Å². The Morgan fingerprint density at radius 1 is 0.340 bits per heavy atom. The van der Waals surface area contributed by atoms with Gasteiger partial charge in [-0.1, -0.05) is 376 Å². The van der Waals surface area contributed by atoms with Crippen molar-refractivity contribution in [2.45, 2.75) is 405 Å². The number of carbonyl (C=O) groups excluding carboxylic acids is 2. The zero-order valence-corrected chi connectivity index (χ0v) is 63.9. The van der Waals surface area contributed by atoms with Crippen molar-refractivity contribution in [1.29, 1.82) is 0 Å². The number of hydrogen-bond donors (Lipinski definition) is 1. The van der Waals surface area contributed by atoms with Crippen molar-refractivity contribution in [3.63, 3.8) is 0 Å². The first-order valence-corrected chi connectivity index (χ1v) is 42.2. The van der Waals surface area contributed by atoms with Gasteiger partial charge in [0, 0.05) is 12.8 Å². The van der Waals surface area contributed by atoms with Crippen LogP contribution in [-0.4, -0.2) is 74.9 Å². The minimum Gasteiger partial charge on any atom is -0.462 e.